The molecule has 1 heterocycles. The molecule has 0 aliphatic carbocycles. The van der Waals surface area contributed by atoms with Crippen LogP contribution in [0.4, 0.5) is 4.39 Å². The summed E-state index contributed by atoms with van der Waals surface area (Å²) in [6.07, 6.45) is -0.666. The zero-order valence-corrected chi connectivity index (χ0v) is 9.25. The Labute approximate surface area is 89.3 Å². The Bertz CT molecular complexity index is 233. The summed E-state index contributed by atoms with van der Waals surface area (Å²) in [6.45, 7) is 4.56. The van der Waals surface area contributed by atoms with E-state index in [9.17, 15) is 9.18 Å². The van der Waals surface area contributed by atoms with Gasteiger partial charge in [0.2, 0.25) is 0 Å². The normalized spacial score (nSPS) is 27.5. The molecule has 4 nitrogen and oxygen atoms in total. The molecular weight excluding hydrogens is 199 g/mol. The molecule has 2 unspecified atom stereocenters. The molecule has 5 heteroatoms. The first kappa shape index (κ1) is 12.4. The average molecular weight is 218 g/mol. The summed E-state index contributed by atoms with van der Waals surface area (Å²) in [7, 11) is 0. The van der Waals surface area contributed by atoms with E-state index in [1.54, 1.807) is 13.8 Å². The lowest BCUT2D eigenvalue weighted by Gasteiger charge is -2.29. The second kappa shape index (κ2) is 4.90. The van der Waals surface area contributed by atoms with Crippen LogP contribution < -0.4 is 11.1 Å². The quantitative estimate of drug-likeness (QED) is 0.665. The van der Waals surface area contributed by atoms with E-state index in [2.05, 4.69) is 5.32 Å². The van der Waals surface area contributed by atoms with Crippen molar-refractivity contribution >= 4 is 5.97 Å². The number of ether oxygens (including phenoxy) is 1. The number of nitrogens with two attached hydrogens (primary N) is 1. The molecule has 0 aromatic carbocycles. The molecule has 0 amide bonds. The van der Waals surface area contributed by atoms with Crippen molar-refractivity contribution in [3.63, 3.8) is 0 Å². The number of hydrogen-bond donors (Lipinski definition) is 2. The van der Waals surface area contributed by atoms with Crippen molar-refractivity contribution in [2.75, 3.05) is 19.6 Å². The van der Waals surface area contributed by atoms with E-state index in [0.29, 0.717) is 13.0 Å². The van der Waals surface area contributed by atoms with Crippen LogP contribution in [0.15, 0.2) is 0 Å². The van der Waals surface area contributed by atoms with Gasteiger partial charge in [-0.3, -0.25) is 4.79 Å². The maximum Gasteiger partial charge on any atom is 0.312 e. The van der Waals surface area contributed by atoms with Gasteiger partial charge in [-0.15, -0.1) is 0 Å². The zero-order chi connectivity index (χ0) is 11.5. The molecule has 1 aliphatic rings. The third-order valence-electron chi connectivity index (χ3n) is 2.58. The van der Waals surface area contributed by atoms with E-state index in [4.69, 9.17) is 10.5 Å². The van der Waals surface area contributed by atoms with Crippen LogP contribution in [0.3, 0.4) is 0 Å². The van der Waals surface area contributed by atoms with E-state index in [-0.39, 0.29) is 13.1 Å². The van der Waals surface area contributed by atoms with Crippen LogP contribution in [0.25, 0.3) is 0 Å². The summed E-state index contributed by atoms with van der Waals surface area (Å²) in [5, 5.41) is 2.89. The maximum atomic E-state index is 13.4. The number of halogens is 1. The summed E-state index contributed by atoms with van der Waals surface area (Å²) < 4.78 is 18.5. The summed E-state index contributed by atoms with van der Waals surface area (Å²) >= 11 is 0. The lowest BCUT2D eigenvalue weighted by atomic mass is 9.96. The minimum atomic E-state index is -1.15. The third-order valence-corrected chi connectivity index (χ3v) is 2.58. The third kappa shape index (κ3) is 3.43. The van der Waals surface area contributed by atoms with Crippen LogP contribution in [0.5, 0.6) is 0 Å². The highest BCUT2D eigenvalue weighted by molar-refractivity contribution is 5.73. The number of esters is 1. The van der Waals surface area contributed by atoms with E-state index in [0.717, 1.165) is 0 Å². The monoisotopic (exact) mass is 218 g/mol. The van der Waals surface area contributed by atoms with E-state index in [1.807, 2.05) is 0 Å². The van der Waals surface area contributed by atoms with Gasteiger partial charge >= 0.3 is 5.97 Å². The molecule has 2 atom stereocenters. The number of carbonyl (C=O) groups is 1. The van der Waals surface area contributed by atoms with Gasteiger partial charge in [-0.2, -0.15) is 0 Å². The first-order chi connectivity index (χ1) is 6.96. The number of hydrogen-bond acceptors (Lipinski definition) is 4. The van der Waals surface area contributed by atoms with Crippen molar-refractivity contribution in [3.8, 4) is 0 Å². The molecule has 0 bridgehead atoms. The van der Waals surface area contributed by atoms with Crippen LogP contribution >= 0.6 is 0 Å². The molecule has 15 heavy (non-hydrogen) atoms. The maximum absolute atomic E-state index is 13.4. The van der Waals surface area contributed by atoms with Crippen LogP contribution in [-0.2, 0) is 9.53 Å². The lowest BCUT2D eigenvalue weighted by molar-refractivity contribution is -0.164. The fourth-order valence-electron chi connectivity index (χ4n) is 1.48. The second-order valence-electron chi connectivity index (χ2n) is 4.50. The molecule has 1 fully saturated rings. The molecule has 1 rings (SSSR count). The number of carbonyl (C=O) groups excluding carboxylic acids is 1. The molecule has 1 saturated heterocycles. The largest absolute Gasteiger partial charge is 0.458 e. The van der Waals surface area contributed by atoms with Gasteiger partial charge in [-0.05, 0) is 26.8 Å². The molecule has 0 aromatic heterocycles. The minimum absolute atomic E-state index is 0.225. The Balaban J connectivity index is 2.52. The van der Waals surface area contributed by atoms with Crippen molar-refractivity contribution in [2.24, 2.45) is 11.7 Å². The summed E-state index contributed by atoms with van der Waals surface area (Å²) in [6, 6.07) is 0. The molecular formula is C10H19FN2O2. The average Bonchev–Trinajstić information content (AvgIpc) is 2.17. The van der Waals surface area contributed by atoms with Crippen molar-refractivity contribution in [1.82, 2.24) is 5.32 Å². The SMILES string of the molecule is CC(C)(CN)OC(=O)C1CCNCC1F. The molecule has 0 aromatic rings. The fraction of sp³-hybridized carbons (Fsp3) is 0.900. The minimum Gasteiger partial charge on any atom is -0.458 e. The van der Waals surface area contributed by atoms with Crippen molar-refractivity contribution in [3.05, 3.63) is 0 Å². The van der Waals surface area contributed by atoms with Crippen molar-refractivity contribution in [1.29, 1.82) is 0 Å². The smallest absolute Gasteiger partial charge is 0.312 e. The van der Waals surface area contributed by atoms with E-state index >= 15 is 0 Å². The van der Waals surface area contributed by atoms with E-state index < -0.39 is 23.7 Å². The Kier molecular flexibility index (Phi) is 4.04. The highest BCUT2D eigenvalue weighted by Gasteiger charge is 2.34. The first-order valence-electron chi connectivity index (χ1n) is 5.24. The molecule has 3 N–H and O–H groups in total. The molecule has 88 valence electrons. The van der Waals surface area contributed by atoms with Gasteiger partial charge in [-0.1, -0.05) is 0 Å². The molecule has 0 spiro atoms. The van der Waals surface area contributed by atoms with Gasteiger partial charge in [0.15, 0.2) is 0 Å². The van der Waals surface area contributed by atoms with Gasteiger partial charge in [0, 0.05) is 13.1 Å². The van der Waals surface area contributed by atoms with Crippen LogP contribution in [0.2, 0.25) is 0 Å². The molecule has 1 aliphatic heterocycles. The lowest BCUT2D eigenvalue weighted by Crippen LogP contribution is -2.45. The van der Waals surface area contributed by atoms with Gasteiger partial charge in [0.05, 0.1) is 5.92 Å². The second-order valence-corrected chi connectivity index (χ2v) is 4.50. The van der Waals surface area contributed by atoms with Gasteiger partial charge in [-0.25, -0.2) is 4.39 Å². The van der Waals surface area contributed by atoms with Gasteiger partial charge in [0.25, 0.3) is 0 Å². The Hall–Kier alpha value is -0.680. The summed E-state index contributed by atoms with van der Waals surface area (Å²) in [5.74, 6) is -1.11. The number of alkyl halides is 1. The topological polar surface area (TPSA) is 64.3 Å². The number of piperidine rings is 1. The van der Waals surface area contributed by atoms with Crippen molar-refractivity contribution in [2.45, 2.75) is 32.0 Å². The molecule has 0 radical (unpaired) electrons. The molecule has 0 saturated carbocycles. The van der Waals surface area contributed by atoms with Crippen molar-refractivity contribution < 1.29 is 13.9 Å². The zero-order valence-electron chi connectivity index (χ0n) is 9.25. The highest BCUT2D eigenvalue weighted by atomic mass is 19.1. The van der Waals surface area contributed by atoms with Gasteiger partial charge in [0.1, 0.15) is 11.8 Å². The van der Waals surface area contributed by atoms with Crippen LogP contribution in [-0.4, -0.2) is 37.4 Å². The Morgan fingerprint density at radius 3 is 2.87 bits per heavy atom. The van der Waals surface area contributed by atoms with E-state index in [1.165, 1.54) is 0 Å². The van der Waals surface area contributed by atoms with Crippen LogP contribution in [0.1, 0.15) is 20.3 Å². The predicted molar refractivity (Wildman–Crippen MR) is 55.1 cm³/mol. The van der Waals surface area contributed by atoms with Crippen LogP contribution in [0, 0.1) is 5.92 Å². The number of rotatable bonds is 3. The number of nitrogens with one attached hydrogen (secondary N) is 1. The Morgan fingerprint density at radius 1 is 1.67 bits per heavy atom. The van der Waals surface area contributed by atoms with Gasteiger partial charge < -0.3 is 15.8 Å². The Morgan fingerprint density at radius 2 is 2.33 bits per heavy atom. The highest BCUT2D eigenvalue weighted by Crippen LogP contribution is 2.20. The summed E-state index contributed by atoms with van der Waals surface area (Å²) in [5.41, 5.74) is 4.73. The standard InChI is InChI=1S/C10H19FN2O2/c1-10(2,6-12)15-9(14)7-3-4-13-5-8(7)11/h7-8,13H,3-6,12H2,1-2H3. The summed E-state index contributed by atoms with van der Waals surface area (Å²) in [4.78, 5) is 11.6. The first-order valence-corrected chi connectivity index (χ1v) is 5.24. The fourth-order valence-corrected chi connectivity index (χ4v) is 1.48. The predicted octanol–water partition coefficient (Wildman–Crippen LogP) is 0.214.